The van der Waals surface area contributed by atoms with Gasteiger partial charge in [0.05, 0.1) is 0 Å². The third kappa shape index (κ3) is 5.08. The van der Waals surface area contributed by atoms with E-state index in [-0.39, 0.29) is 46.5 Å². The van der Waals surface area contributed by atoms with Gasteiger partial charge in [-0.25, -0.2) is 0 Å². The number of halogens is 2. The maximum atomic E-state index is 3.62. The van der Waals surface area contributed by atoms with Gasteiger partial charge in [-0.15, -0.1) is 5.56 Å². The summed E-state index contributed by atoms with van der Waals surface area (Å²) in [4.78, 5) is 0. The number of hydrogen-bond acceptors (Lipinski definition) is 0. The van der Waals surface area contributed by atoms with E-state index in [1.54, 1.807) is 0 Å². The molecule has 0 aromatic heterocycles. The van der Waals surface area contributed by atoms with Crippen LogP contribution < -0.4 is 24.8 Å². The molecular weight excluding hydrogens is 323 g/mol. The van der Waals surface area contributed by atoms with Crippen molar-refractivity contribution in [1.82, 2.24) is 0 Å². The zero-order valence-corrected chi connectivity index (χ0v) is 15.6. The summed E-state index contributed by atoms with van der Waals surface area (Å²) in [6.07, 6.45) is 7.66. The minimum Gasteiger partial charge on any atom is -1.00 e. The molecule has 0 heterocycles. The molecule has 1 aromatic rings. The fourth-order valence-corrected chi connectivity index (χ4v) is 2.25. The third-order valence-corrected chi connectivity index (χ3v) is 3.32. The first-order valence-electron chi connectivity index (χ1n) is 6.51. The molecule has 0 fully saturated rings. The predicted molar refractivity (Wildman–Crippen MR) is 75.2 cm³/mol. The Morgan fingerprint density at radius 3 is 2.10 bits per heavy atom. The summed E-state index contributed by atoms with van der Waals surface area (Å²) in [5, 5.41) is 0. The van der Waals surface area contributed by atoms with Crippen LogP contribution in [0.5, 0.6) is 0 Å². The van der Waals surface area contributed by atoms with Gasteiger partial charge in [0.2, 0.25) is 0 Å². The zero-order chi connectivity index (χ0) is 12.4. The molecule has 0 spiro atoms. The van der Waals surface area contributed by atoms with E-state index in [1.807, 2.05) is 0 Å². The van der Waals surface area contributed by atoms with Crippen LogP contribution in [-0.4, -0.2) is 0 Å². The average Bonchev–Trinajstić information content (AvgIpc) is 2.81. The van der Waals surface area contributed by atoms with Gasteiger partial charge in [0.1, 0.15) is 0 Å². The Bertz CT molecular complexity index is 474. The maximum Gasteiger partial charge on any atom is 3.00 e. The fourth-order valence-electron chi connectivity index (χ4n) is 2.25. The van der Waals surface area contributed by atoms with Gasteiger partial charge >= 0.3 is 21.7 Å². The van der Waals surface area contributed by atoms with Gasteiger partial charge in [0.15, 0.2) is 0 Å². The van der Waals surface area contributed by atoms with Crippen molar-refractivity contribution >= 4 is 5.57 Å². The minimum absolute atomic E-state index is 0. The van der Waals surface area contributed by atoms with Crippen LogP contribution in [-0.2, 0) is 21.7 Å². The summed E-state index contributed by atoms with van der Waals surface area (Å²) >= 11 is 0. The summed E-state index contributed by atoms with van der Waals surface area (Å²) in [6.45, 7) is 8.96. The molecule has 0 saturated heterocycles. The summed E-state index contributed by atoms with van der Waals surface area (Å²) in [5.41, 5.74) is 5.50. The molecule has 1 aliphatic rings. The second kappa shape index (κ2) is 9.84. The molecule has 0 saturated carbocycles. The van der Waals surface area contributed by atoms with Crippen molar-refractivity contribution in [1.29, 1.82) is 0 Å². The first-order valence-corrected chi connectivity index (χ1v) is 6.51. The Kier molecular flexibility index (Phi) is 11.0. The molecule has 0 bridgehead atoms. The number of rotatable bonds is 3. The average molecular weight is 344 g/mol. The molecule has 0 aliphatic heterocycles. The molecule has 0 atom stereocenters. The Morgan fingerprint density at radius 1 is 1.00 bits per heavy atom. The van der Waals surface area contributed by atoms with E-state index in [2.05, 4.69) is 64.1 Å². The van der Waals surface area contributed by atoms with Gasteiger partial charge in [0.25, 0.3) is 0 Å². The van der Waals surface area contributed by atoms with Crippen molar-refractivity contribution in [3.8, 4) is 0 Å². The van der Waals surface area contributed by atoms with Crippen LogP contribution in [0.2, 0.25) is 0 Å². The van der Waals surface area contributed by atoms with Crippen LogP contribution >= 0.6 is 0 Å². The van der Waals surface area contributed by atoms with Crippen molar-refractivity contribution in [2.45, 2.75) is 46.0 Å². The second-order valence-electron chi connectivity index (χ2n) is 5.37. The first kappa shape index (κ1) is 22.3. The van der Waals surface area contributed by atoms with E-state index >= 15 is 0 Å². The molecule has 0 unspecified atom stereocenters. The quantitative estimate of drug-likeness (QED) is 0.492. The standard InChI is InChI=1S/C17H21.2ClH.Ti/c1-12(2)15-9-10-16(14-7-5-6-8-14)17(11-15)13(3)4;;;/h5-7,9-10,12-13H,8H2,1-4H3;2*1H;/q-1;;;+3/p-2. The van der Waals surface area contributed by atoms with Gasteiger partial charge in [-0.2, -0.15) is 29.3 Å². The largest absolute Gasteiger partial charge is 3.00 e. The topological polar surface area (TPSA) is 0 Å². The predicted octanol–water partition coefficient (Wildman–Crippen LogP) is -0.918. The molecule has 0 amide bonds. The van der Waals surface area contributed by atoms with Crippen LogP contribution in [0.1, 0.15) is 62.6 Å². The molecular formula is C17H21Cl2Ti. The molecule has 1 aromatic carbocycles. The van der Waals surface area contributed by atoms with Crippen LogP contribution in [0, 0.1) is 6.07 Å². The van der Waals surface area contributed by atoms with Gasteiger partial charge in [-0.05, 0) is 18.3 Å². The fraction of sp³-hybridized carbons (Fsp3) is 0.412. The van der Waals surface area contributed by atoms with Crippen LogP contribution in [0.4, 0.5) is 0 Å². The van der Waals surface area contributed by atoms with Crippen LogP contribution in [0.25, 0.3) is 5.57 Å². The Balaban J connectivity index is 0. The molecule has 20 heavy (non-hydrogen) atoms. The first-order chi connectivity index (χ1) is 8.09. The van der Waals surface area contributed by atoms with Gasteiger partial charge in [0, 0.05) is 0 Å². The van der Waals surface area contributed by atoms with Gasteiger partial charge in [-0.1, -0.05) is 51.5 Å². The van der Waals surface area contributed by atoms with Crippen LogP contribution in [0.3, 0.4) is 0 Å². The third-order valence-electron chi connectivity index (χ3n) is 3.32. The van der Waals surface area contributed by atoms with Crippen molar-refractivity contribution in [2.75, 3.05) is 0 Å². The van der Waals surface area contributed by atoms with Crippen molar-refractivity contribution in [3.63, 3.8) is 0 Å². The van der Waals surface area contributed by atoms with Gasteiger partial charge < -0.3 is 24.8 Å². The Hall–Kier alpha value is -0.00571. The van der Waals surface area contributed by atoms with E-state index in [1.165, 1.54) is 22.3 Å². The summed E-state index contributed by atoms with van der Waals surface area (Å²) in [5.74, 6) is 1.09. The van der Waals surface area contributed by atoms with E-state index in [9.17, 15) is 0 Å². The van der Waals surface area contributed by atoms with Crippen LogP contribution in [0.15, 0.2) is 30.4 Å². The second-order valence-corrected chi connectivity index (χ2v) is 5.37. The number of benzene rings is 1. The zero-order valence-electron chi connectivity index (χ0n) is 12.5. The number of hydrogen-bond donors (Lipinski definition) is 0. The van der Waals surface area contributed by atoms with E-state index in [4.69, 9.17) is 0 Å². The summed E-state index contributed by atoms with van der Waals surface area (Å²) < 4.78 is 0. The smallest absolute Gasteiger partial charge is 1.00 e. The SMILES string of the molecule is CC(C)c1[c-]c(C(C)C)c(C2=CC=CC2)cc1.[Cl-].[Cl-].[Ti+3]. The maximum absolute atomic E-state index is 3.62. The molecule has 0 N–H and O–H groups in total. The Morgan fingerprint density at radius 2 is 1.65 bits per heavy atom. The molecule has 2 rings (SSSR count). The van der Waals surface area contributed by atoms with Crippen molar-refractivity contribution in [2.24, 2.45) is 0 Å². The number of allylic oxidation sites excluding steroid dienone is 4. The molecule has 1 radical (unpaired) electrons. The molecule has 1 aliphatic carbocycles. The normalized spacial score (nSPS) is 12.6. The minimum atomic E-state index is 0. The van der Waals surface area contributed by atoms with E-state index in [0.717, 1.165) is 6.42 Å². The van der Waals surface area contributed by atoms with E-state index in [0.29, 0.717) is 11.8 Å². The van der Waals surface area contributed by atoms with E-state index < -0.39 is 0 Å². The summed E-state index contributed by atoms with van der Waals surface area (Å²) in [6, 6.07) is 8.13. The molecule has 107 valence electrons. The molecule has 0 nitrogen and oxygen atoms in total. The summed E-state index contributed by atoms with van der Waals surface area (Å²) in [7, 11) is 0. The molecule has 3 heteroatoms. The Labute approximate surface area is 150 Å². The van der Waals surface area contributed by atoms with Crippen molar-refractivity contribution in [3.05, 3.63) is 53.1 Å². The van der Waals surface area contributed by atoms with Crippen molar-refractivity contribution < 1.29 is 46.5 Å². The van der Waals surface area contributed by atoms with Gasteiger partial charge in [-0.3, -0.25) is 0 Å². The monoisotopic (exact) mass is 343 g/mol.